The van der Waals surface area contributed by atoms with Crippen molar-refractivity contribution < 1.29 is 0 Å². The summed E-state index contributed by atoms with van der Waals surface area (Å²) in [6, 6.07) is 0. The fourth-order valence-electron chi connectivity index (χ4n) is 4.39. The molecule has 1 aliphatic carbocycles. The molecule has 0 saturated heterocycles. The summed E-state index contributed by atoms with van der Waals surface area (Å²) in [6.07, 6.45) is 14.5. The molecule has 1 aliphatic rings. The quantitative estimate of drug-likeness (QED) is 0.490. The van der Waals surface area contributed by atoms with E-state index >= 15 is 0 Å². The summed E-state index contributed by atoms with van der Waals surface area (Å²) < 4.78 is 0. The van der Waals surface area contributed by atoms with E-state index < -0.39 is 0 Å². The van der Waals surface area contributed by atoms with Gasteiger partial charge in [0.2, 0.25) is 0 Å². The van der Waals surface area contributed by atoms with E-state index in [1.807, 2.05) is 0 Å². The Balaban J connectivity index is 2.54. The number of hydrogen-bond donors (Lipinski definition) is 1. The Morgan fingerprint density at radius 2 is 1.81 bits per heavy atom. The van der Waals surface area contributed by atoms with Gasteiger partial charge in [0.05, 0.1) is 0 Å². The maximum Gasteiger partial charge on any atom is -0.00180 e. The van der Waals surface area contributed by atoms with Gasteiger partial charge in [0.1, 0.15) is 0 Å². The summed E-state index contributed by atoms with van der Waals surface area (Å²) in [5, 5.41) is 3.63. The highest BCUT2D eigenvalue weighted by Gasteiger charge is 2.31. The van der Waals surface area contributed by atoms with E-state index in [0.29, 0.717) is 0 Å². The van der Waals surface area contributed by atoms with Gasteiger partial charge in [0, 0.05) is 0 Å². The first kappa shape index (κ1) is 19.0. The van der Waals surface area contributed by atoms with Gasteiger partial charge in [-0.1, -0.05) is 72.6 Å². The Morgan fingerprint density at radius 3 is 2.43 bits per heavy atom. The molecule has 0 aromatic rings. The van der Waals surface area contributed by atoms with Crippen molar-refractivity contribution in [1.29, 1.82) is 0 Å². The van der Waals surface area contributed by atoms with Crippen LogP contribution >= 0.6 is 0 Å². The fraction of sp³-hybridized carbons (Fsp3) is 1.00. The summed E-state index contributed by atoms with van der Waals surface area (Å²) >= 11 is 0. The first-order valence-electron chi connectivity index (χ1n) is 9.95. The SMILES string of the molecule is CCCCC(CC)CC1CC(CCC)CCC1CNCC. The van der Waals surface area contributed by atoms with Gasteiger partial charge < -0.3 is 5.32 Å². The fourth-order valence-corrected chi connectivity index (χ4v) is 4.39. The molecule has 1 rings (SSSR count). The highest BCUT2D eigenvalue weighted by molar-refractivity contribution is 4.83. The van der Waals surface area contributed by atoms with Gasteiger partial charge in [-0.2, -0.15) is 0 Å². The maximum absolute atomic E-state index is 3.63. The zero-order valence-corrected chi connectivity index (χ0v) is 15.3. The molecule has 1 fully saturated rings. The molecule has 0 aliphatic heterocycles. The Hall–Kier alpha value is -0.0400. The van der Waals surface area contributed by atoms with Crippen molar-refractivity contribution in [3.8, 4) is 0 Å². The molecule has 0 spiro atoms. The normalized spacial score (nSPS) is 27.7. The van der Waals surface area contributed by atoms with E-state index in [1.54, 1.807) is 0 Å². The monoisotopic (exact) mass is 295 g/mol. The van der Waals surface area contributed by atoms with Crippen molar-refractivity contribution in [2.75, 3.05) is 13.1 Å². The Morgan fingerprint density at radius 1 is 1.00 bits per heavy atom. The van der Waals surface area contributed by atoms with Crippen molar-refractivity contribution >= 4 is 0 Å². The second kappa shape index (κ2) is 11.5. The standard InChI is InChI=1S/C20H41N/c1-5-9-11-17(7-3)14-20-15-18(10-6-2)12-13-19(20)16-21-8-4/h17-21H,5-16H2,1-4H3. The molecular weight excluding hydrogens is 254 g/mol. The van der Waals surface area contributed by atoms with Gasteiger partial charge in [-0.15, -0.1) is 0 Å². The predicted octanol–water partition coefficient (Wildman–Crippen LogP) is 6.04. The lowest BCUT2D eigenvalue weighted by Crippen LogP contribution is -2.34. The molecule has 1 N–H and O–H groups in total. The van der Waals surface area contributed by atoms with Gasteiger partial charge in [-0.25, -0.2) is 0 Å². The molecule has 0 amide bonds. The summed E-state index contributed by atoms with van der Waals surface area (Å²) in [4.78, 5) is 0. The minimum atomic E-state index is 0.953. The Labute approximate surface area is 134 Å². The Bertz CT molecular complexity index is 238. The molecule has 1 heteroatoms. The number of rotatable bonds is 11. The second-order valence-corrected chi connectivity index (χ2v) is 7.45. The van der Waals surface area contributed by atoms with Crippen LogP contribution in [0.4, 0.5) is 0 Å². The van der Waals surface area contributed by atoms with E-state index in [-0.39, 0.29) is 0 Å². The number of unbranched alkanes of at least 4 members (excludes halogenated alkanes) is 1. The van der Waals surface area contributed by atoms with Crippen LogP contribution in [0.1, 0.15) is 91.9 Å². The van der Waals surface area contributed by atoms with Gasteiger partial charge >= 0.3 is 0 Å². The van der Waals surface area contributed by atoms with Gasteiger partial charge in [-0.3, -0.25) is 0 Å². The van der Waals surface area contributed by atoms with Crippen LogP contribution in [-0.2, 0) is 0 Å². The van der Waals surface area contributed by atoms with E-state index in [4.69, 9.17) is 0 Å². The number of nitrogens with one attached hydrogen (secondary N) is 1. The van der Waals surface area contributed by atoms with E-state index in [2.05, 4.69) is 33.0 Å². The maximum atomic E-state index is 3.63. The van der Waals surface area contributed by atoms with Crippen molar-refractivity contribution in [3.63, 3.8) is 0 Å². The average molecular weight is 296 g/mol. The smallest absolute Gasteiger partial charge is 0.00180 e. The molecule has 126 valence electrons. The first-order chi connectivity index (χ1) is 10.2. The molecule has 4 atom stereocenters. The molecule has 0 aromatic carbocycles. The molecule has 0 radical (unpaired) electrons. The van der Waals surface area contributed by atoms with Crippen LogP contribution in [0, 0.1) is 23.7 Å². The Kier molecular flexibility index (Phi) is 10.4. The molecule has 4 unspecified atom stereocenters. The summed E-state index contributed by atoms with van der Waals surface area (Å²) in [5.41, 5.74) is 0. The highest BCUT2D eigenvalue weighted by Crippen LogP contribution is 2.40. The third-order valence-corrected chi connectivity index (χ3v) is 5.78. The van der Waals surface area contributed by atoms with Crippen LogP contribution in [0.15, 0.2) is 0 Å². The minimum absolute atomic E-state index is 0.953. The van der Waals surface area contributed by atoms with Crippen molar-refractivity contribution in [1.82, 2.24) is 5.32 Å². The molecule has 0 aromatic heterocycles. The third kappa shape index (κ3) is 7.17. The molecular formula is C20H41N. The van der Waals surface area contributed by atoms with Crippen LogP contribution in [0.3, 0.4) is 0 Å². The minimum Gasteiger partial charge on any atom is -0.317 e. The molecule has 0 bridgehead atoms. The molecule has 0 heterocycles. The van der Waals surface area contributed by atoms with E-state index in [0.717, 1.165) is 30.2 Å². The lowest BCUT2D eigenvalue weighted by molar-refractivity contribution is 0.138. The van der Waals surface area contributed by atoms with Gasteiger partial charge in [0.15, 0.2) is 0 Å². The zero-order chi connectivity index (χ0) is 15.5. The zero-order valence-electron chi connectivity index (χ0n) is 15.3. The highest BCUT2D eigenvalue weighted by atomic mass is 14.8. The summed E-state index contributed by atoms with van der Waals surface area (Å²) in [7, 11) is 0. The van der Waals surface area contributed by atoms with Crippen LogP contribution in [-0.4, -0.2) is 13.1 Å². The first-order valence-corrected chi connectivity index (χ1v) is 9.95. The van der Waals surface area contributed by atoms with Crippen molar-refractivity contribution in [3.05, 3.63) is 0 Å². The largest absolute Gasteiger partial charge is 0.317 e. The van der Waals surface area contributed by atoms with E-state index in [1.165, 1.54) is 70.8 Å². The second-order valence-electron chi connectivity index (χ2n) is 7.45. The van der Waals surface area contributed by atoms with Crippen LogP contribution in [0.5, 0.6) is 0 Å². The van der Waals surface area contributed by atoms with Crippen LogP contribution in [0.2, 0.25) is 0 Å². The molecule has 1 nitrogen and oxygen atoms in total. The van der Waals surface area contributed by atoms with Crippen LogP contribution < -0.4 is 5.32 Å². The lowest BCUT2D eigenvalue weighted by Gasteiger charge is -2.38. The topological polar surface area (TPSA) is 12.0 Å². The molecule has 21 heavy (non-hydrogen) atoms. The predicted molar refractivity (Wildman–Crippen MR) is 95.7 cm³/mol. The number of hydrogen-bond acceptors (Lipinski definition) is 1. The average Bonchev–Trinajstić information content (AvgIpc) is 2.50. The van der Waals surface area contributed by atoms with Crippen molar-refractivity contribution in [2.24, 2.45) is 23.7 Å². The summed E-state index contributed by atoms with van der Waals surface area (Å²) in [5.74, 6) is 3.96. The van der Waals surface area contributed by atoms with Gasteiger partial charge in [-0.05, 0) is 56.0 Å². The van der Waals surface area contributed by atoms with Gasteiger partial charge in [0.25, 0.3) is 0 Å². The summed E-state index contributed by atoms with van der Waals surface area (Å²) in [6.45, 7) is 11.7. The lowest BCUT2D eigenvalue weighted by atomic mass is 9.69. The molecule has 1 saturated carbocycles. The van der Waals surface area contributed by atoms with Crippen LogP contribution in [0.25, 0.3) is 0 Å². The van der Waals surface area contributed by atoms with Crippen molar-refractivity contribution in [2.45, 2.75) is 91.9 Å². The third-order valence-electron chi connectivity index (χ3n) is 5.78. The van der Waals surface area contributed by atoms with E-state index in [9.17, 15) is 0 Å².